The summed E-state index contributed by atoms with van der Waals surface area (Å²) >= 11 is 0. The van der Waals surface area contributed by atoms with Crippen molar-refractivity contribution in [2.24, 2.45) is 0 Å². The molecule has 4 nitrogen and oxygen atoms in total. The van der Waals surface area contributed by atoms with Crippen molar-refractivity contribution in [3.63, 3.8) is 0 Å². The van der Waals surface area contributed by atoms with Gasteiger partial charge in [0.15, 0.2) is 5.78 Å². The lowest BCUT2D eigenvalue weighted by atomic mass is 10.1. The molecule has 0 spiro atoms. The zero-order chi connectivity index (χ0) is 12.8. The predicted molar refractivity (Wildman–Crippen MR) is 61.9 cm³/mol. The van der Waals surface area contributed by atoms with Gasteiger partial charge in [-0.15, -0.1) is 0 Å². The first-order chi connectivity index (χ1) is 8.08. The van der Waals surface area contributed by atoms with E-state index in [9.17, 15) is 9.18 Å². The van der Waals surface area contributed by atoms with Crippen LogP contribution in [0.4, 0.5) is 4.39 Å². The van der Waals surface area contributed by atoms with Gasteiger partial charge in [-0.3, -0.25) is 9.69 Å². The molecule has 0 aliphatic rings. The fraction of sp³-hybridized carbons (Fsp3) is 0.417. The van der Waals surface area contributed by atoms with Crippen LogP contribution in [0.5, 0.6) is 5.75 Å². The summed E-state index contributed by atoms with van der Waals surface area (Å²) in [5.74, 6) is -0.356. The van der Waals surface area contributed by atoms with E-state index in [1.165, 1.54) is 19.2 Å². The molecule has 1 aromatic rings. The molecule has 0 heterocycles. The van der Waals surface area contributed by atoms with Gasteiger partial charge < -0.3 is 9.84 Å². The number of rotatable bonds is 6. The van der Waals surface area contributed by atoms with E-state index in [0.29, 0.717) is 12.3 Å². The molecule has 0 radical (unpaired) electrons. The van der Waals surface area contributed by atoms with E-state index in [1.807, 2.05) is 0 Å². The summed E-state index contributed by atoms with van der Waals surface area (Å²) < 4.78 is 18.1. The standard InChI is InChI=1S/C12H16FNO3/c1-14(5-6-15)8-11(16)10-7-9(13)3-4-12(10)17-2/h3-4,7,15H,5-6,8H2,1-2H3. The van der Waals surface area contributed by atoms with Crippen LogP contribution in [-0.2, 0) is 0 Å². The molecule has 5 heteroatoms. The lowest BCUT2D eigenvalue weighted by Gasteiger charge is -2.15. The second-order valence-electron chi connectivity index (χ2n) is 3.73. The van der Waals surface area contributed by atoms with E-state index < -0.39 is 5.82 Å². The van der Waals surface area contributed by atoms with Crippen LogP contribution in [0, 0.1) is 5.82 Å². The normalized spacial score (nSPS) is 10.6. The first-order valence-electron chi connectivity index (χ1n) is 5.24. The molecule has 94 valence electrons. The molecule has 0 saturated heterocycles. The largest absolute Gasteiger partial charge is 0.496 e. The number of likely N-dealkylation sites (N-methyl/N-ethyl adjacent to an activating group) is 1. The van der Waals surface area contributed by atoms with Crippen LogP contribution < -0.4 is 4.74 Å². The van der Waals surface area contributed by atoms with Crippen LogP contribution in [-0.4, -0.2) is 49.6 Å². The lowest BCUT2D eigenvalue weighted by molar-refractivity contribution is 0.0932. The molecule has 0 amide bonds. The summed E-state index contributed by atoms with van der Waals surface area (Å²) in [6.07, 6.45) is 0. The lowest BCUT2D eigenvalue weighted by Crippen LogP contribution is -2.28. The summed E-state index contributed by atoms with van der Waals surface area (Å²) in [4.78, 5) is 13.6. The van der Waals surface area contributed by atoms with Crippen molar-refractivity contribution in [2.45, 2.75) is 0 Å². The molecule has 1 rings (SSSR count). The Morgan fingerprint density at radius 2 is 2.24 bits per heavy atom. The second-order valence-corrected chi connectivity index (χ2v) is 3.73. The maximum absolute atomic E-state index is 13.1. The van der Waals surface area contributed by atoms with Crippen molar-refractivity contribution in [3.05, 3.63) is 29.6 Å². The predicted octanol–water partition coefficient (Wildman–Crippen LogP) is 0.941. The average Bonchev–Trinajstić information content (AvgIpc) is 2.29. The molecule has 17 heavy (non-hydrogen) atoms. The van der Waals surface area contributed by atoms with E-state index >= 15 is 0 Å². The molecule has 0 atom stereocenters. The second kappa shape index (κ2) is 6.32. The molecule has 1 N–H and O–H groups in total. The van der Waals surface area contributed by atoms with Crippen molar-refractivity contribution in [2.75, 3.05) is 33.9 Å². The zero-order valence-electron chi connectivity index (χ0n) is 9.94. The molecule has 0 aliphatic carbocycles. The van der Waals surface area contributed by atoms with Crippen molar-refractivity contribution in [1.29, 1.82) is 0 Å². The van der Waals surface area contributed by atoms with Crippen molar-refractivity contribution in [3.8, 4) is 5.75 Å². The van der Waals surface area contributed by atoms with Gasteiger partial charge in [-0.25, -0.2) is 4.39 Å². The Morgan fingerprint density at radius 1 is 1.53 bits per heavy atom. The number of hydrogen-bond acceptors (Lipinski definition) is 4. The minimum atomic E-state index is -0.473. The van der Waals surface area contributed by atoms with Gasteiger partial charge in [0.25, 0.3) is 0 Å². The summed E-state index contributed by atoms with van der Waals surface area (Å²) in [6, 6.07) is 3.83. The van der Waals surface area contributed by atoms with Crippen molar-refractivity contribution >= 4 is 5.78 Å². The third-order valence-electron chi connectivity index (χ3n) is 2.36. The molecule has 0 aliphatic heterocycles. The first kappa shape index (κ1) is 13.6. The Balaban J connectivity index is 2.83. The Hall–Kier alpha value is -1.46. The number of aliphatic hydroxyl groups excluding tert-OH is 1. The van der Waals surface area contributed by atoms with Crippen molar-refractivity contribution in [1.82, 2.24) is 4.90 Å². The van der Waals surface area contributed by atoms with E-state index in [1.54, 1.807) is 11.9 Å². The maximum atomic E-state index is 13.1. The van der Waals surface area contributed by atoms with E-state index in [2.05, 4.69) is 0 Å². The highest BCUT2D eigenvalue weighted by Crippen LogP contribution is 2.19. The smallest absolute Gasteiger partial charge is 0.180 e. The number of carbonyl (C=O) groups excluding carboxylic acids is 1. The maximum Gasteiger partial charge on any atom is 0.180 e. The highest BCUT2D eigenvalue weighted by Gasteiger charge is 2.15. The number of benzene rings is 1. The van der Waals surface area contributed by atoms with Crippen molar-refractivity contribution < 1.29 is 19.0 Å². The van der Waals surface area contributed by atoms with Gasteiger partial charge in [0.05, 0.1) is 25.8 Å². The topological polar surface area (TPSA) is 49.8 Å². The van der Waals surface area contributed by atoms with E-state index in [4.69, 9.17) is 9.84 Å². The van der Waals surface area contributed by atoms with Gasteiger partial charge in [-0.2, -0.15) is 0 Å². The highest BCUT2D eigenvalue weighted by molar-refractivity contribution is 6.00. The quantitative estimate of drug-likeness (QED) is 0.753. The van der Waals surface area contributed by atoms with Gasteiger partial charge in [0.1, 0.15) is 11.6 Å². The molecule has 0 saturated carbocycles. The molecule has 0 bridgehead atoms. The molecule has 0 unspecified atom stereocenters. The van der Waals surface area contributed by atoms with Gasteiger partial charge in [0.2, 0.25) is 0 Å². The summed E-state index contributed by atoms with van der Waals surface area (Å²) in [7, 11) is 3.14. The number of nitrogens with zero attached hydrogens (tertiary/aromatic N) is 1. The molecule has 0 fully saturated rings. The number of hydrogen-bond donors (Lipinski definition) is 1. The van der Waals surface area contributed by atoms with Gasteiger partial charge in [0, 0.05) is 6.54 Å². The molecular formula is C12H16FNO3. The number of aliphatic hydroxyl groups is 1. The number of halogens is 1. The minimum absolute atomic E-state index is 0.0237. The fourth-order valence-corrected chi connectivity index (χ4v) is 1.48. The van der Waals surface area contributed by atoms with Crippen LogP contribution in [0.25, 0.3) is 0 Å². The molecule has 0 aromatic heterocycles. The van der Waals surface area contributed by atoms with Crippen LogP contribution in [0.15, 0.2) is 18.2 Å². The number of methoxy groups -OCH3 is 1. The third-order valence-corrected chi connectivity index (χ3v) is 2.36. The number of ether oxygens (including phenoxy) is 1. The van der Waals surface area contributed by atoms with Crippen LogP contribution >= 0.6 is 0 Å². The first-order valence-corrected chi connectivity index (χ1v) is 5.24. The Labute approximate surface area is 99.6 Å². The number of carbonyl (C=O) groups is 1. The summed E-state index contributed by atoms with van der Waals surface area (Å²) in [5.41, 5.74) is 0.220. The van der Waals surface area contributed by atoms with Crippen LogP contribution in [0.2, 0.25) is 0 Å². The van der Waals surface area contributed by atoms with E-state index in [-0.39, 0.29) is 24.5 Å². The Kier molecular flexibility index (Phi) is 5.06. The average molecular weight is 241 g/mol. The number of Topliss-reactive ketones (excluding diaryl/α,β-unsaturated/α-hetero) is 1. The van der Waals surface area contributed by atoms with Gasteiger partial charge in [-0.05, 0) is 25.2 Å². The van der Waals surface area contributed by atoms with Gasteiger partial charge >= 0.3 is 0 Å². The zero-order valence-corrected chi connectivity index (χ0v) is 9.94. The number of ketones is 1. The highest BCUT2D eigenvalue weighted by atomic mass is 19.1. The molecule has 1 aromatic carbocycles. The summed E-state index contributed by atoms with van der Waals surface area (Å²) in [5, 5.41) is 8.73. The van der Waals surface area contributed by atoms with Crippen LogP contribution in [0.3, 0.4) is 0 Å². The van der Waals surface area contributed by atoms with E-state index in [0.717, 1.165) is 6.07 Å². The minimum Gasteiger partial charge on any atom is -0.496 e. The van der Waals surface area contributed by atoms with Crippen LogP contribution in [0.1, 0.15) is 10.4 Å². The Morgan fingerprint density at radius 3 is 2.82 bits per heavy atom. The fourth-order valence-electron chi connectivity index (χ4n) is 1.48. The summed E-state index contributed by atoms with van der Waals surface area (Å²) in [6.45, 7) is 0.480. The monoisotopic (exact) mass is 241 g/mol. The van der Waals surface area contributed by atoms with Gasteiger partial charge in [-0.1, -0.05) is 0 Å². The SMILES string of the molecule is COc1ccc(F)cc1C(=O)CN(C)CCO. The molecular weight excluding hydrogens is 225 g/mol. The third kappa shape index (κ3) is 3.80. The Bertz CT molecular complexity index is 395.